The monoisotopic (exact) mass is 319 g/mol. The number of nitrogens with zero attached hydrogens (tertiary/aromatic N) is 2. The third-order valence-electron chi connectivity index (χ3n) is 4.77. The number of fused-ring (bicyclic) bond motifs is 1. The fourth-order valence-corrected chi connectivity index (χ4v) is 3.40. The molecule has 0 amide bonds. The first-order valence-corrected chi connectivity index (χ1v) is 8.73. The van der Waals surface area contributed by atoms with Crippen molar-refractivity contribution < 1.29 is 4.57 Å². The zero-order chi connectivity index (χ0) is 17.4. The highest BCUT2D eigenvalue weighted by molar-refractivity contribution is 5.75. The first-order valence-electron chi connectivity index (χ1n) is 8.73. The van der Waals surface area contributed by atoms with Crippen LogP contribution in [0.2, 0.25) is 0 Å². The third kappa shape index (κ3) is 3.06. The van der Waals surface area contributed by atoms with Gasteiger partial charge >= 0.3 is 5.65 Å². The van der Waals surface area contributed by atoms with Gasteiger partial charge in [0.05, 0.1) is 12.4 Å². The molecular weight excluding hydrogens is 292 g/mol. The Labute approximate surface area is 145 Å². The predicted octanol–water partition coefficient (Wildman–Crippen LogP) is 4.85. The van der Waals surface area contributed by atoms with Crippen LogP contribution in [0.5, 0.6) is 0 Å². The van der Waals surface area contributed by atoms with Crippen LogP contribution in [-0.2, 0) is 13.5 Å². The standard InChI is InChI=1S/C22H27N2/c1-14(2)11-19-9-7-18-8-10-21(24(6)22(18)23-19)20-13-15(3)12-16(4)17(20)5/h7-10,12-14H,11H2,1-6H3/q+1. The molecule has 0 atom stereocenters. The molecule has 0 aliphatic carbocycles. The van der Waals surface area contributed by atoms with Gasteiger partial charge in [-0.3, -0.25) is 0 Å². The predicted molar refractivity (Wildman–Crippen MR) is 101 cm³/mol. The fraction of sp³-hybridized carbons (Fsp3) is 0.364. The van der Waals surface area contributed by atoms with Gasteiger partial charge in [0.25, 0.3) is 0 Å². The van der Waals surface area contributed by atoms with Gasteiger partial charge in [-0.15, -0.1) is 0 Å². The van der Waals surface area contributed by atoms with Crippen LogP contribution in [0.4, 0.5) is 0 Å². The first kappa shape index (κ1) is 16.6. The van der Waals surface area contributed by atoms with Crippen LogP contribution in [0, 0.1) is 26.7 Å². The van der Waals surface area contributed by atoms with Crippen molar-refractivity contribution in [2.45, 2.75) is 41.0 Å². The van der Waals surface area contributed by atoms with Crippen LogP contribution in [0.15, 0.2) is 36.4 Å². The maximum atomic E-state index is 4.94. The van der Waals surface area contributed by atoms with Crippen molar-refractivity contribution in [3.05, 3.63) is 58.8 Å². The number of hydrogen-bond donors (Lipinski definition) is 0. The van der Waals surface area contributed by atoms with Crippen molar-refractivity contribution in [1.82, 2.24) is 4.98 Å². The second-order valence-electron chi connectivity index (χ2n) is 7.35. The van der Waals surface area contributed by atoms with E-state index < -0.39 is 0 Å². The van der Waals surface area contributed by atoms with Gasteiger partial charge in [0.2, 0.25) is 0 Å². The fourth-order valence-electron chi connectivity index (χ4n) is 3.40. The van der Waals surface area contributed by atoms with E-state index in [0.29, 0.717) is 5.92 Å². The molecule has 24 heavy (non-hydrogen) atoms. The largest absolute Gasteiger partial charge is 0.330 e. The molecular formula is C22H27N2+. The Hall–Kier alpha value is -2.22. The Morgan fingerprint density at radius 1 is 1.00 bits per heavy atom. The van der Waals surface area contributed by atoms with Crippen LogP contribution >= 0.6 is 0 Å². The molecule has 0 saturated carbocycles. The number of benzene rings is 1. The Bertz CT molecular complexity index is 907. The minimum atomic E-state index is 0.616. The highest BCUT2D eigenvalue weighted by atomic mass is 15.0. The minimum absolute atomic E-state index is 0.616. The molecule has 0 N–H and O–H groups in total. The summed E-state index contributed by atoms with van der Waals surface area (Å²) in [6.45, 7) is 11.0. The average Bonchev–Trinajstić information content (AvgIpc) is 2.51. The van der Waals surface area contributed by atoms with E-state index >= 15 is 0 Å². The lowest BCUT2D eigenvalue weighted by atomic mass is 9.97. The second-order valence-corrected chi connectivity index (χ2v) is 7.35. The molecule has 0 radical (unpaired) electrons. The van der Waals surface area contributed by atoms with E-state index in [9.17, 15) is 0 Å². The Balaban J connectivity index is 2.21. The lowest BCUT2D eigenvalue weighted by molar-refractivity contribution is -0.635. The van der Waals surface area contributed by atoms with Gasteiger partial charge in [-0.1, -0.05) is 25.5 Å². The van der Waals surface area contributed by atoms with Crippen LogP contribution in [0.25, 0.3) is 22.3 Å². The molecule has 0 unspecified atom stereocenters. The second kappa shape index (κ2) is 6.35. The number of pyridine rings is 2. The quantitative estimate of drug-likeness (QED) is 0.631. The normalized spacial score (nSPS) is 11.5. The summed E-state index contributed by atoms with van der Waals surface area (Å²) in [4.78, 5) is 4.94. The molecule has 2 heteroatoms. The SMILES string of the molecule is Cc1cc(C)c(C)c(-c2ccc3ccc(CC(C)C)nc3[n+]2C)c1. The molecule has 0 bridgehead atoms. The molecule has 124 valence electrons. The molecule has 2 aromatic heterocycles. The highest BCUT2D eigenvalue weighted by Gasteiger charge is 2.17. The summed E-state index contributed by atoms with van der Waals surface area (Å²) in [5.41, 5.74) is 8.73. The summed E-state index contributed by atoms with van der Waals surface area (Å²) in [7, 11) is 2.13. The van der Waals surface area contributed by atoms with E-state index in [4.69, 9.17) is 4.98 Å². The van der Waals surface area contributed by atoms with Crippen molar-refractivity contribution in [3.63, 3.8) is 0 Å². The highest BCUT2D eigenvalue weighted by Crippen LogP contribution is 2.26. The Morgan fingerprint density at radius 3 is 2.42 bits per heavy atom. The number of rotatable bonds is 3. The molecule has 0 aliphatic rings. The van der Waals surface area contributed by atoms with Crippen LogP contribution < -0.4 is 4.57 Å². The van der Waals surface area contributed by atoms with E-state index in [2.05, 4.69) is 82.6 Å². The van der Waals surface area contributed by atoms with Gasteiger partial charge in [-0.25, -0.2) is 4.57 Å². The van der Waals surface area contributed by atoms with Crippen molar-refractivity contribution in [2.24, 2.45) is 13.0 Å². The zero-order valence-corrected chi connectivity index (χ0v) is 15.6. The molecule has 3 rings (SSSR count). The van der Waals surface area contributed by atoms with Gasteiger partial charge in [0, 0.05) is 12.0 Å². The maximum Gasteiger partial charge on any atom is 0.330 e. The number of aryl methyl sites for hydroxylation is 3. The summed E-state index contributed by atoms with van der Waals surface area (Å²) in [6.07, 6.45) is 1.02. The van der Waals surface area contributed by atoms with E-state index in [1.165, 1.54) is 39.0 Å². The topological polar surface area (TPSA) is 16.8 Å². The van der Waals surface area contributed by atoms with Crippen LogP contribution in [0.3, 0.4) is 0 Å². The summed E-state index contributed by atoms with van der Waals surface area (Å²) >= 11 is 0. The van der Waals surface area contributed by atoms with Gasteiger partial charge in [0.1, 0.15) is 5.69 Å². The summed E-state index contributed by atoms with van der Waals surface area (Å²) in [6, 6.07) is 13.3. The average molecular weight is 319 g/mol. The zero-order valence-electron chi connectivity index (χ0n) is 15.6. The van der Waals surface area contributed by atoms with Crippen LogP contribution in [0.1, 0.15) is 36.2 Å². The van der Waals surface area contributed by atoms with Crippen molar-refractivity contribution >= 4 is 11.0 Å². The molecule has 2 heterocycles. The first-order chi connectivity index (χ1) is 11.4. The van der Waals surface area contributed by atoms with Gasteiger partial charge in [-0.2, -0.15) is 0 Å². The molecule has 0 fully saturated rings. The molecule has 2 nitrogen and oxygen atoms in total. The minimum Gasteiger partial charge on any atom is -0.226 e. The summed E-state index contributed by atoms with van der Waals surface area (Å²) in [5.74, 6) is 0.616. The lowest BCUT2D eigenvalue weighted by Crippen LogP contribution is -2.33. The molecule has 0 saturated heterocycles. The number of hydrogen-bond acceptors (Lipinski definition) is 1. The Kier molecular flexibility index (Phi) is 4.40. The molecule has 3 aromatic rings. The van der Waals surface area contributed by atoms with E-state index in [1.54, 1.807) is 0 Å². The van der Waals surface area contributed by atoms with Gasteiger partial charge in [-0.05, 0) is 73.1 Å². The van der Waals surface area contributed by atoms with Crippen molar-refractivity contribution in [3.8, 4) is 11.3 Å². The van der Waals surface area contributed by atoms with E-state index in [1.807, 2.05) is 0 Å². The van der Waals surface area contributed by atoms with Gasteiger partial charge < -0.3 is 0 Å². The summed E-state index contributed by atoms with van der Waals surface area (Å²) < 4.78 is 2.24. The van der Waals surface area contributed by atoms with Crippen LogP contribution in [-0.4, -0.2) is 4.98 Å². The van der Waals surface area contributed by atoms with E-state index in [0.717, 1.165) is 12.1 Å². The smallest absolute Gasteiger partial charge is 0.226 e. The summed E-state index contributed by atoms with van der Waals surface area (Å²) in [5, 5.41) is 1.19. The number of aromatic nitrogens is 2. The maximum absolute atomic E-state index is 4.94. The van der Waals surface area contributed by atoms with Gasteiger partial charge in [0.15, 0.2) is 5.69 Å². The molecule has 1 aromatic carbocycles. The lowest BCUT2D eigenvalue weighted by Gasteiger charge is -2.12. The van der Waals surface area contributed by atoms with Crippen molar-refractivity contribution in [1.29, 1.82) is 0 Å². The van der Waals surface area contributed by atoms with E-state index in [-0.39, 0.29) is 0 Å². The Morgan fingerprint density at radius 2 is 1.71 bits per heavy atom. The van der Waals surface area contributed by atoms with Crippen molar-refractivity contribution in [2.75, 3.05) is 0 Å². The molecule has 0 aliphatic heterocycles. The third-order valence-corrected chi connectivity index (χ3v) is 4.77. The molecule has 0 spiro atoms.